The summed E-state index contributed by atoms with van der Waals surface area (Å²) >= 11 is 0. The van der Waals surface area contributed by atoms with E-state index in [0.29, 0.717) is 24.1 Å². The lowest BCUT2D eigenvalue weighted by atomic mass is 10.0. The van der Waals surface area contributed by atoms with Crippen LogP contribution in [0.2, 0.25) is 0 Å². The molecule has 0 aliphatic heterocycles. The van der Waals surface area contributed by atoms with Gasteiger partial charge in [0.1, 0.15) is 17.0 Å². The number of ether oxygens (including phenoxy) is 1. The smallest absolute Gasteiger partial charge is 0.433 e. The Morgan fingerprint density at radius 2 is 1.86 bits per heavy atom. The fourth-order valence-corrected chi connectivity index (χ4v) is 3.03. The number of rotatable bonds is 7. The van der Waals surface area contributed by atoms with Gasteiger partial charge in [0, 0.05) is 6.20 Å². The molecular formula is C24H29F3N4O4. The Bertz CT molecular complexity index is 1180. The van der Waals surface area contributed by atoms with E-state index in [-0.39, 0.29) is 17.9 Å². The molecule has 3 rings (SSSR count). The van der Waals surface area contributed by atoms with Gasteiger partial charge in [-0.05, 0) is 57.9 Å². The van der Waals surface area contributed by atoms with Crippen LogP contribution >= 0.6 is 0 Å². The van der Waals surface area contributed by atoms with Gasteiger partial charge in [-0.25, -0.2) is 14.3 Å². The van der Waals surface area contributed by atoms with Crippen molar-refractivity contribution in [3.05, 3.63) is 59.2 Å². The van der Waals surface area contributed by atoms with Gasteiger partial charge in [0.15, 0.2) is 0 Å². The van der Waals surface area contributed by atoms with Crippen LogP contribution in [0, 0.1) is 0 Å². The number of nitrogens with zero attached hydrogens (tertiary/aromatic N) is 3. The molecule has 35 heavy (non-hydrogen) atoms. The number of esters is 1. The number of anilines is 1. The quantitative estimate of drug-likeness (QED) is 0.453. The first-order valence-corrected chi connectivity index (χ1v) is 11.1. The zero-order chi connectivity index (χ0) is 26.4. The molecule has 0 atom stereocenters. The van der Waals surface area contributed by atoms with Crippen molar-refractivity contribution in [2.75, 3.05) is 11.9 Å². The Morgan fingerprint density at radius 3 is 2.46 bits per heavy atom. The fourth-order valence-electron chi connectivity index (χ4n) is 3.03. The maximum atomic E-state index is 12.9. The SMILES string of the molecule is CC.CCOC(=O)c1cn2nc(CCC(C)(C)O)cc2cc1NC(=O)c1cccc(C(F)(F)F)n1. The zero-order valence-corrected chi connectivity index (χ0v) is 20.2. The summed E-state index contributed by atoms with van der Waals surface area (Å²) < 4.78 is 45.3. The number of carbonyl (C=O) groups excluding carboxylic acids is 2. The standard InChI is InChI=1S/C22H23F3N4O4.C2H6/c1-4-33-20(31)15-12-29-14(10-13(28-29)8-9-21(2,3)32)11-17(15)27-19(30)16-6-5-7-18(26-16)22(23,24)25;1-2/h5-7,10-12,32H,4,8-9H2,1-3H3,(H,27,30);1-2H3. The van der Waals surface area contributed by atoms with Crippen molar-refractivity contribution in [2.24, 2.45) is 0 Å². The number of nitrogens with one attached hydrogen (secondary N) is 1. The Hall–Kier alpha value is -3.47. The molecule has 190 valence electrons. The van der Waals surface area contributed by atoms with Gasteiger partial charge in [0.05, 0.1) is 29.1 Å². The van der Waals surface area contributed by atoms with E-state index < -0.39 is 35.0 Å². The van der Waals surface area contributed by atoms with Crippen molar-refractivity contribution >= 4 is 23.1 Å². The van der Waals surface area contributed by atoms with Crippen LogP contribution in [-0.4, -0.2) is 43.8 Å². The maximum absolute atomic E-state index is 12.9. The largest absolute Gasteiger partial charge is 0.462 e. The number of hydrogen-bond acceptors (Lipinski definition) is 6. The van der Waals surface area contributed by atoms with Crippen LogP contribution in [-0.2, 0) is 17.3 Å². The van der Waals surface area contributed by atoms with E-state index in [1.54, 1.807) is 26.8 Å². The molecule has 0 aliphatic rings. The Morgan fingerprint density at radius 1 is 1.17 bits per heavy atom. The number of aryl methyl sites for hydroxylation is 1. The number of amides is 1. The number of aliphatic hydroxyl groups is 1. The summed E-state index contributed by atoms with van der Waals surface area (Å²) in [5, 5.41) is 16.8. The molecule has 3 heterocycles. The van der Waals surface area contributed by atoms with E-state index in [9.17, 15) is 27.9 Å². The number of aromatic nitrogens is 3. The van der Waals surface area contributed by atoms with Crippen LogP contribution in [0.5, 0.6) is 0 Å². The molecule has 0 fully saturated rings. The molecule has 0 spiro atoms. The molecule has 3 aromatic heterocycles. The molecule has 1 amide bonds. The van der Waals surface area contributed by atoms with E-state index >= 15 is 0 Å². The topological polar surface area (TPSA) is 106 Å². The van der Waals surface area contributed by atoms with Gasteiger partial charge in [-0.15, -0.1) is 0 Å². The highest BCUT2D eigenvalue weighted by Gasteiger charge is 2.33. The minimum absolute atomic E-state index is 0.0261. The highest BCUT2D eigenvalue weighted by atomic mass is 19.4. The van der Waals surface area contributed by atoms with Crippen molar-refractivity contribution in [1.29, 1.82) is 0 Å². The van der Waals surface area contributed by atoms with Gasteiger partial charge in [-0.3, -0.25) is 4.79 Å². The second-order valence-corrected chi connectivity index (χ2v) is 8.00. The van der Waals surface area contributed by atoms with Gasteiger partial charge < -0.3 is 15.2 Å². The number of halogens is 3. The van der Waals surface area contributed by atoms with Crippen molar-refractivity contribution < 1.29 is 32.6 Å². The molecule has 0 aliphatic carbocycles. The number of pyridine rings is 2. The average Bonchev–Trinajstić information content (AvgIpc) is 3.19. The van der Waals surface area contributed by atoms with E-state index in [2.05, 4.69) is 15.4 Å². The molecular weight excluding hydrogens is 465 g/mol. The van der Waals surface area contributed by atoms with E-state index in [4.69, 9.17) is 4.74 Å². The van der Waals surface area contributed by atoms with Gasteiger partial charge >= 0.3 is 12.1 Å². The van der Waals surface area contributed by atoms with Crippen LogP contribution in [0.3, 0.4) is 0 Å². The third-order valence-corrected chi connectivity index (χ3v) is 4.66. The van der Waals surface area contributed by atoms with Crippen LogP contribution in [0.15, 0.2) is 36.5 Å². The van der Waals surface area contributed by atoms with E-state index in [0.717, 1.165) is 18.2 Å². The summed E-state index contributed by atoms with van der Waals surface area (Å²) in [5.41, 5.74) is -1.36. The predicted molar refractivity (Wildman–Crippen MR) is 124 cm³/mol. The van der Waals surface area contributed by atoms with Crippen molar-refractivity contribution in [2.45, 2.75) is 59.2 Å². The molecule has 8 nitrogen and oxygen atoms in total. The minimum atomic E-state index is -4.71. The van der Waals surface area contributed by atoms with E-state index in [1.807, 2.05) is 13.8 Å². The summed E-state index contributed by atoms with van der Waals surface area (Å²) in [4.78, 5) is 28.5. The van der Waals surface area contributed by atoms with Crippen LogP contribution in [0.4, 0.5) is 18.9 Å². The lowest BCUT2D eigenvalue weighted by molar-refractivity contribution is -0.141. The van der Waals surface area contributed by atoms with Crippen molar-refractivity contribution in [3.63, 3.8) is 0 Å². The van der Waals surface area contributed by atoms with Gasteiger partial charge in [-0.2, -0.15) is 18.3 Å². The Labute approximate surface area is 201 Å². The molecule has 0 unspecified atom stereocenters. The van der Waals surface area contributed by atoms with Crippen molar-refractivity contribution in [1.82, 2.24) is 14.6 Å². The summed E-state index contributed by atoms with van der Waals surface area (Å²) in [7, 11) is 0. The average molecular weight is 495 g/mol. The van der Waals surface area contributed by atoms with Crippen LogP contribution in [0.25, 0.3) is 5.52 Å². The zero-order valence-electron chi connectivity index (χ0n) is 20.2. The molecule has 0 aromatic carbocycles. The first-order chi connectivity index (χ1) is 16.4. The highest BCUT2D eigenvalue weighted by molar-refractivity contribution is 6.07. The number of alkyl halides is 3. The second-order valence-electron chi connectivity index (χ2n) is 8.00. The molecule has 0 radical (unpaired) electrons. The van der Waals surface area contributed by atoms with Crippen LogP contribution in [0.1, 0.15) is 73.3 Å². The van der Waals surface area contributed by atoms with Crippen LogP contribution < -0.4 is 5.32 Å². The normalized spacial score (nSPS) is 11.6. The first kappa shape index (κ1) is 27.8. The highest BCUT2D eigenvalue weighted by Crippen LogP contribution is 2.28. The number of carbonyl (C=O) groups is 2. The monoisotopic (exact) mass is 494 g/mol. The minimum Gasteiger partial charge on any atom is -0.462 e. The van der Waals surface area contributed by atoms with Gasteiger partial charge in [0.2, 0.25) is 0 Å². The Balaban J connectivity index is 0.00000210. The number of fused-ring (bicyclic) bond motifs is 1. The Kier molecular flexibility index (Phi) is 8.97. The summed E-state index contributed by atoms with van der Waals surface area (Å²) in [6, 6.07) is 6.17. The summed E-state index contributed by atoms with van der Waals surface area (Å²) in [6.07, 6.45) is -2.42. The third-order valence-electron chi connectivity index (χ3n) is 4.66. The molecule has 2 N–H and O–H groups in total. The molecule has 11 heteroatoms. The predicted octanol–water partition coefficient (Wildman–Crippen LogP) is 4.91. The summed E-state index contributed by atoms with van der Waals surface area (Å²) in [5.74, 6) is -1.65. The molecule has 3 aromatic rings. The lowest BCUT2D eigenvalue weighted by Gasteiger charge is -2.15. The third kappa shape index (κ3) is 7.51. The molecule has 0 saturated carbocycles. The van der Waals surface area contributed by atoms with Gasteiger partial charge in [0.25, 0.3) is 5.91 Å². The number of hydrogen-bond donors (Lipinski definition) is 2. The van der Waals surface area contributed by atoms with Gasteiger partial charge in [-0.1, -0.05) is 19.9 Å². The van der Waals surface area contributed by atoms with E-state index in [1.165, 1.54) is 16.8 Å². The molecule has 0 saturated heterocycles. The van der Waals surface area contributed by atoms with Crippen molar-refractivity contribution in [3.8, 4) is 0 Å². The summed E-state index contributed by atoms with van der Waals surface area (Å²) in [6.45, 7) is 9.05. The second kappa shape index (κ2) is 11.3. The lowest BCUT2D eigenvalue weighted by Crippen LogP contribution is -2.19. The maximum Gasteiger partial charge on any atom is 0.433 e. The first-order valence-electron chi connectivity index (χ1n) is 11.1. The molecule has 0 bridgehead atoms. The fraction of sp³-hybridized carbons (Fsp3) is 0.417.